The SMILES string of the molecule is CCCNC1CC(Oc2cc(F)ccc2Br)C12CCCC2. The molecule has 2 aliphatic carbocycles. The first-order chi connectivity index (χ1) is 10.2. The lowest BCUT2D eigenvalue weighted by atomic mass is 9.60. The van der Waals surface area contributed by atoms with Crippen LogP contribution in [-0.2, 0) is 0 Å². The van der Waals surface area contributed by atoms with Crippen molar-refractivity contribution in [1.29, 1.82) is 0 Å². The van der Waals surface area contributed by atoms with E-state index in [1.165, 1.54) is 37.8 Å². The fourth-order valence-corrected chi connectivity index (χ4v) is 4.28. The van der Waals surface area contributed by atoms with E-state index in [1.807, 2.05) is 0 Å². The summed E-state index contributed by atoms with van der Waals surface area (Å²) in [5, 5.41) is 3.68. The molecule has 2 fully saturated rings. The highest BCUT2D eigenvalue weighted by Crippen LogP contribution is 2.55. The van der Waals surface area contributed by atoms with Gasteiger partial charge in [-0.2, -0.15) is 0 Å². The first-order valence-electron chi connectivity index (χ1n) is 8.01. The molecule has 0 radical (unpaired) electrons. The van der Waals surface area contributed by atoms with Crippen LogP contribution in [-0.4, -0.2) is 18.7 Å². The molecule has 116 valence electrons. The van der Waals surface area contributed by atoms with E-state index >= 15 is 0 Å². The van der Waals surface area contributed by atoms with E-state index in [2.05, 4.69) is 28.2 Å². The van der Waals surface area contributed by atoms with Gasteiger partial charge in [-0.25, -0.2) is 4.39 Å². The normalized spacial score (nSPS) is 26.8. The molecule has 0 aromatic heterocycles. The Hall–Kier alpha value is -0.610. The van der Waals surface area contributed by atoms with Crippen LogP contribution in [0.3, 0.4) is 0 Å². The summed E-state index contributed by atoms with van der Waals surface area (Å²) in [6.45, 7) is 3.27. The van der Waals surface area contributed by atoms with Crippen molar-refractivity contribution in [3.8, 4) is 5.75 Å². The summed E-state index contributed by atoms with van der Waals surface area (Å²) >= 11 is 3.46. The van der Waals surface area contributed by atoms with Gasteiger partial charge in [0.2, 0.25) is 0 Å². The van der Waals surface area contributed by atoms with Gasteiger partial charge in [-0.1, -0.05) is 19.8 Å². The Morgan fingerprint density at radius 3 is 2.86 bits per heavy atom. The molecule has 21 heavy (non-hydrogen) atoms. The Kier molecular flexibility index (Phi) is 4.55. The summed E-state index contributed by atoms with van der Waals surface area (Å²) in [4.78, 5) is 0. The fourth-order valence-electron chi connectivity index (χ4n) is 3.94. The quantitative estimate of drug-likeness (QED) is 0.828. The predicted molar refractivity (Wildman–Crippen MR) is 86.1 cm³/mol. The van der Waals surface area contributed by atoms with Crippen molar-refractivity contribution in [2.45, 2.75) is 57.6 Å². The van der Waals surface area contributed by atoms with Gasteiger partial charge in [0.15, 0.2) is 0 Å². The third kappa shape index (κ3) is 2.85. The number of hydrogen-bond donors (Lipinski definition) is 1. The van der Waals surface area contributed by atoms with Crippen LogP contribution in [0.2, 0.25) is 0 Å². The molecule has 0 saturated heterocycles. The molecule has 3 rings (SSSR count). The molecule has 0 bridgehead atoms. The van der Waals surface area contributed by atoms with E-state index in [4.69, 9.17) is 4.74 Å². The monoisotopic (exact) mass is 355 g/mol. The summed E-state index contributed by atoms with van der Waals surface area (Å²) in [6.07, 6.45) is 7.43. The molecule has 2 saturated carbocycles. The average molecular weight is 356 g/mol. The van der Waals surface area contributed by atoms with E-state index in [-0.39, 0.29) is 17.3 Å². The molecular formula is C17H23BrFNO. The number of hydrogen-bond acceptors (Lipinski definition) is 2. The lowest BCUT2D eigenvalue weighted by Crippen LogP contribution is -2.63. The van der Waals surface area contributed by atoms with E-state index in [1.54, 1.807) is 6.07 Å². The van der Waals surface area contributed by atoms with Crippen LogP contribution in [0, 0.1) is 11.2 Å². The Morgan fingerprint density at radius 2 is 2.14 bits per heavy atom. The Morgan fingerprint density at radius 1 is 1.38 bits per heavy atom. The van der Waals surface area contributed by atoms with Gasteiger partial charge in [0.05, 0.1) is 4.47 Å². The van der Waals surface area contributed by atoms with Crippen molar-refractivity contribution in [1.82, 2.24) is 5.32 Å². The molecular weight excluding hydrogens is 333 g/mol. The Labute approximate surface area is 134 Å². The van der Waals surface area contributed by atoms with Gasteiger partial charge in [-0.05, 0) is 53.9 Å². The number of nitrogens with one attached hydrogen (secondary N) is 1. The van der Waals surface area contributed by atoms with E-state index in [0.29, 0.717) is 11.8 Å². The Bertz CT molecular complexity index is 502. The molecule has 1 aromatic carbocycles. The van der Waals surface area contributed by atoms with Crippen molar-refractivity contribution in [3.63, 3.8) is 0 Å². The molecule has 1 N–H and O–H groups in total. The van der Waals surface area contributed by atoms with E-state index < -0.39 is 0 Å². The molecule has 0 amide bonds. The van der Waals surface area contributed by atoms with Crippen molar-refractivity contribution < 1.29 is 9.13 Å². The van der Waals surface area contributed by atoms with Crippen LogP contribution in [0.15, 0.2) is 22.7 Å². The minimum atomic E-state index is -0.242. The highest BCUT2D eigenvalue weighted by atomic mass is 79.9. The number of rotatable bonds is 5. The molecule has 0 aliphatic heterocycles. The van der Waals surface area contributed by atoms with Gasteiger partial charge < -0.3 is 10.1 Å². The predicted octanol–water partition coefficient (Wildman–Crippen LogP) is 4.67. The standard InChI is InChI=1S/C17H23BrFNO/c1-2-9-20-15-11-16(17(15)7-3-4-8-17)21-14-10-12(19)5-6-13(14)18/h5-6,10,15-16,20H,2-4,7-9,11H2,1H3. The van der Waals surface area contributed by atoms with Gasteiger partial charge in [-0.3, -0.25) is 0 Å². The van der Waals surface area contributed by atoms with Crippen molar-refractivity contribution in [3.05, 3.63) is 28.5 Å². The van der Waals surface area contributed by atoms with Gasteiger partial charge in [0, 0.05) is 23.9 Å². The third-order valence-corrected chi connectivity index (χ3v) is 5.78. The number of halogens is 2. The van der Waals surface area contributed by atoms with Crippen LogP contribution in [0.5, 0.6) is 5.75 Å². The van der Waals surface area contributed by atoms with Crippen molar-refractivity contribution in [2.24, 2.45) is 5.41 Å². The lowest BCUT2D eigenvalue weighted by molar-refractivity contribution is -0.0764. The maximum atomic E-state index is 13.4. The van der Waals surface area contributed by atoms with Crippen molar-refractivity contribution >= 4 is 15.9 Å². The zero-order valence-corrected chi connectivity index (χ0v) is 14.1. The second-order valence-electron chi connectivity index (χ2n) is 6.36. The molecule has 2 atom stereocenters. The summed E-state index contributed by atoms with van der Waals surface area (Å²) < 4.78 is 20.4. The van der Waals surface area contributed by atoms with Gasteiger partial charge in [-0.15, -0.1) is 0 Å². The summed E-state index contributed by atoms with van der Waals surface area (Å²) in [5.41, 5.74) is 0.265. The second-order valence-corrected chi connectivity index (χ2v) is 7.22. The topological polar surface area (TPSA) is 21.3 Å². The smallest absolute Gasteiger partial charge is 0.136 e. The summed E-state index contributed by atoms with van der Waals surface area (Å²) in [6, 6.07) is 5.23. The highest BCUT2D eigenvalue weighted by molar-refractivity contribution is 9.10. The highest BCUT2D eigenvalue weighted by Gasteiger charge is 2.57. The van der Waals surface area contributed by atoms with Gasteiger partial charge in [0.25, 0.3) is 0 Å². The van der Waals surface area contributed by atoms with Crippen LogP contribution < -0.4 is 10.1 Å². The molecule has 4 heteroatoms. The fraction of sp³-hybridized carbons (Fsp3) is 0.647. The number of ether oxygens (including phenoxy) is 1. The number of benzene rings is 1. The first kappa shape index (κ1) is 15.3. The van der Waals surface area contributed by atoms with Crippen LogP contribution in [0.1, 0.15) is 45.4 Å². The van der Waals surface area contributed by atoms with Crippen LogP contribution in [0.4, 0.5) is 4.39 Å². The zero-order valence-electron chi connectivity index (χ0n) is 12.5. The first-order valence-corrected chi connectivity index (χ1v) is 8.80. The molecule has 2 aliphatic rings. The lowest BCUT2D eigenvalue weighted by Gasteiger charge is -2.54. The van der Waals surface area contributed by atoms with Gasteiger partial charge in [0.1, 0.15) is 17.7 Å². The minimum Gasteiger partial charge on any atom is -0.488 e. The Balaban J connectivity index is 1.72. The summed E-state index contributed by atoms with van der Waals surface area (Å²) in [5.74, 6) is 0.397. The van der Waals surface area contributed by atoms with Crippen LogP contribution in [0.25, 0.3) is 0 Å². The zero-order chi connectivity index (χ0) is 14.9. The molecule has 2 unspecified atom stereocenters. The average Bonchev–Trinajstić information content (AvgIpc) is 2.98. The maximum absolute atomic E-state index is 13.4. The van der Waals surface area contributed by atoms with E-state index in [0.717, 1.165) is 23.9 Å². The maximum Gasteiger partial charge on any atom is 0.136 e. The minimum absolute atomic E-state index is 0.215. The molecule has 0 heterocycles. The second kappa shape index (κ2) is 6.25. The molecule has 1 aromatic rings. The van der Waals surface area contributed by atoms with Crippen molar-refractivity contribution in [2.75, 3.05) is 6.54 Å². The molecule has 2 nitrogen and oxygen atoms in total. The molecule has 1 spiro atoms. The van der Waals surface area contributed by atoms with Gasteiger partial charge >= 0.3 is 0 Å². The van der Waals surface area contributed by atoms with E-state index in [9.17, 15) is 4.39 Å². The third-order valence-electron chi connectivity index (χ3n) is 5.12. The van der Waals surface area contributed by atoms with Crippen LogP contribution >= 0.6 is 15.9 Å². The largest absolute Gasteiger partial charge is 0.488 e. The summed E-state index contributed by atoms with van der Waals surface area (Å²) in [7, 11) is 0.